The molecule has 0 saturated carbocycles. The smallest absolute Gasteiger partial charge is 0.251 e. The SMILES string of the molecule is CN1CCOC(c2nc(CN)cc(=O)[nH]2)C1. The lowest BCUT2D eigenvalue weighted by Gasteiger charge is -2.29. The lowest BCUT2D eigenvalue weighted by atomic mass is 10.2. The fourth-order valence-electron chi connectivity index (χ4n) is 1.73. The van der Waals surface area contributed by atoms with E-state index in [0.717, 1.165) is 13.1 Å². The molecule has 0 bridgehead atoms. The average Bonchev–Trinajstić information content (AvgIpc) is 2.28. The summed E-state index contributed by atoms with van der Waals surface area (Å²) in [6.07, 6.45) is -0.169. The Hall–Kier alpha value is -1.24. The first-order valence-electron chi connectivity index (χ1n) is 5.29. The van der Waals surface area contributed by atoms with Crippen molar-refractivity contribution in [2.24, 2.45) is 5.73 Å². The summed E-state index contributed by atoms with van der Waals surface area (Å²) < 4.78 is 5.57. The van der Waals surface area contributed by atoms with E-state index < -0.39 is 0 Å². The van der Waals surface area contributed by atoms with Gasteiger partial charge in [-0.25, -0.2) is 4.98 Å². The van der Waals surface area contributed by atoms with E-state index in [-0.39, 0.29) is 18.2 Å². The largest absolute Gasteiger partial charge is 0.368 e. The molecule has 88 valence electrons. The van der Waals surface area contributed by atoms with E-state index in [1.807, 2.05) is 7.05 Å². The van der Waals surface area contributed by atoms with Crippen molar-refractivity contribution < 1.29 is 4.74 Å². The monoisotopic (exact) mass is 224 g/mol. The minimum absolute atomic E-state index is 0.169. The number of ether oxygens (including phenoxy) is 1. The molecule has 1 aromatic heterocycles. The van der Waals surface area contributed by atoms with Crippen LogP contribution in [0.15, 0.2) is 10.9 Å². The summed E-state index contributed by atoms with van der Waals surface area (Å²) >= 11 is 0. The highest BCUT2D eigenvalue weighted by molar-refractivity contribution is 5.05. The molecule has 16 heavy (non-hydrogen) atoms. The van der Waals surface area contributed by atoms with Gasteiger partial charge in [-0.05, 0) is 7.05 Å². The Balaban J connectivity index is 2.25. The van der Waals surface area contributed by atoms with E-state index in [1.54, 1.807) is 0 Å². The summed E-state index contributed by atoms with van der Waals surface area (Å²) in [5.41, 5.74) is 5.89. The summed E-state index contributed by atoms with van der Waals surface area (Å²) in [4.78, 5) is 20.5. The van der Waals surface area contributed by atoms with Crippen molar-refractivity contribution in [1.82, 2.24) is 14.9 Å². The topological polar surface area (TPSA) is 84.2 Å². The Morgan fingerprint density at radius 1 is 1.75 bits per heavy atom. The maximum absolute atomic E-state index is 11.4. The van der Waals surface area contributed by atoms with Gasteiger partial charge in [0.15, 0.2) is 0 Å². The Bertz CT molecular complexity index is 418. The molecule has 1 aromatic rings. The first-order chi connectivity index (χ1) is 7.69. The van der Waals surface area contributed by atoms with Gasteiger partial charge < -0.3 is 20.4 Å². The third-order valence-corrected chi connectivity index (χ3v) is 2.60. The summed E-state index contributed by atoms with van der Waals surface area (Å²) in [5.74, 6) is 0.569. The number of rotatable bonds is 2. The molecule has 1 aliphatic heterocycles. The Morgan fingerprint density at radius 3 is 3.25 bits per heavy atom. The molecule has 3 N–H and O–H groups in total. The standard InChI is InChI=1S/C10H16N4O2/c1-14-2-3-16-8(6-14)10-12-7(5-11)4-9(15)13-10/h4,8H,2-3,5-6,11H2,1H3,(H,12,13,15). The molecule has 6 heteroatoms. The van der Waals surface area contributed by atoms with Gasteiger partial charge in [-0.2, -0.15) is 0 Å². The highest BCUT2D eigenvalue weighted by Crippen LogP contribution is 2.16. The zero-order valence-electron chi connectivity index (χ0n) is 9.27. The molecule has 0 amide bonds. The molecule has 6 nitrogen and oxygen atoms in total. The minimum Gasteiger partial charge on any atom is -0.368 e. The van der Waals surface area contributed by atoms with Crippen molar-refractivity contribution in [3.63, 3.8) is 0 Å². The number of nitrogens with zero attached hydrogens (tertiary/aromatic N) is 2. The Labute approximate surface area is 93.4 Å². The van der Waals surface area contributed by atoms with Crippen molar-refractivity contribution in [2.75, 3.05) is 26.7 Å². The number of likely N-dealkylation sites (N-methyl/N-ethyl adjacent to an activating group) is 1. The first-order valence-corrected chi connectivity index (χ1v) is 5.29. The fourth-order valence-corrected chi connectivity index (χ4v) is 1.73. The van der Waals surface area contributed by atoms with Crippen LogP contribution in [0.2, 0.25) is 0 Å². The van der Waals surface area contributed by atoms with Crippen molar-refractivity contribution >= 4 is 0 Å². The molecule has 0 radical (unpaired) electrons. The number of nitrogens with two attached hydrogens (primary N) is 1. The second-order valence-corrected chi connectivity index (χ2v) is 3.95. The zero-order valence-corrected chi connectivity index (χ0v) is 9.27. The van der Waals surface area contributed by atoms with Crippen LogP contribution in [0.4, 0.5) is 0 Å². The minimum atomic E-state index is -0.178. The molecule has 0 aliphatic carbocycles. The lowest BCUT2D eigenvalue weighted by Crippen LogP contribution is -2.36. The predicted octanol–water partition coefficient (Wildman–Crippen LogP) is -0.768. The quantitative estimate of drug-likeness (QED) is 0.689. The van der Waals surface area contributed by atoms with Gasteiger partial charge in [0, 0.05) is 25.7 Å². The van der Waals surface area contributed by atoms with Gasteiger partial charge >= 0.3 is 0 Å². The number of hydrogen-bond donors (Lipinski definition) is 2. The second-order valence-electron chi connectivity index (χ2n) is 3.95. The van der Waals surface area contributed by atoms with Crippen molar-refractivity contribution in [2.45, 2.75) is 12.6 Å². The second kappa shape index (κ2) is 4.73. The molecule has 0 spiro atoms. The normalized spacial score (nSPS) is 22.2. The van der Waals surface area contributed by atoms with Crippen LogP contribution in [0, 0.1) is 0 Å². The fraction of sp³-hybridized carbons (Fsp3) is 0.600. The summed E-state index contributed by atoms with van der Waals surface area (Å²) in [6, 6.07) is 1.41. The number of hydrogen-bond acceptors (Lipinski definition) is 5. The maximum atomic E-state index is 11.4. The first kappa shape index (κ1) is 11.3. The van der Waals surface area contributed by atoms with E-state index in [2.05, 4.69) is 14.9 Å². The molecule has 1 unspecified atom stereocenters. The van der Waals surface area contributed by atoms with E-state index in [9.17, 15) is 4.79 Å². The van der Waals surface area contributed by atoms with Gasteiger partial charge in [-0.3, -0.25) is 4.79 Å². The third-order valence-electron chi connectivity index (χ3n) is 2.60. The van der Waals surface area contributed by atoms with Crippen LogP contribution < -0.4 is 11.3 Å². The van der Waals surface area contributed by atoms with Crippen LogP contribution in [-0.4, -0.2) is 41.6 Å². The van der Waals surface area contributed by atoms with Crippen LogP contribution in [0.5, 0.6) is 0 Å². The zero-order chi connectivity index (χ0) is 11.5. The number of aromatic nitrogens is 2. The van der Waals surface area contributed by atoms with Gasteiger partial charge in [0.25, 0.3) is 5.56 Å². The molecule has 1 aliphatic rings. The van der Waals surface area contributed by atoms with Crippen LogP contribution in [0.1, 0.15) is 17.6 Å². The highest BCUT2D eigenvalue weighted by Gasteiger charge is 2.21. The van der Waals surface area contributed by atoms with Gasteiger partial charge in [-0.15, -0.1) is 0 Å². The van der Waals surface area contributed by atoms with Crippen molar-refractivity contribution in [3.8, 4) is 0 Å². The van der Waals surface area contributed by atoms with Crippen LogP contribution >= 0.6 is 0 Å². The Kier molecular flexibility index (Phi) is 3.33. The van der Waals surface area contributed by atoms with Gasteiger partial charge in [0.05, 0.1) is 12.3 Å². The maximum Gasteiger partial charge on any atom is 0.251 e. The van der Waals surface area contributed by atoms with E-state index in [1.165, 1.54) is 6.07 Å². The number of aromatic amines is 1. The number of H-pyrrole nitrogens is 1. The predicted molar refractivity (Wildman–Crippen MR) is 58.9 cm³/mol. The summed E-state index contributed by atoms with van der Waals surface area (Å²) in [6.45, 7) is 2.55. The molecule has 1 atom stereocenters. The summed E-state index contributed by atoms with van der Waals surface area (Å²) in [7, 11) is 2.01. The van der Waals surface area contributed by atoms with Crippen LogP contribution in [0.3, 0.4) is 0 Å². The number of nitrogens with one attached hydrogen (secondary N) is 1. The molecule has 2 rings (SSSR count). The average molecular weight is 224 g/mol. The third kappa shape index (κ3) is 2.46. The van der Waals surface area contributed by atoms with Crippen molar-refractivity contribution in [1.29, 1.82) is 0 Å². The van der Waals surface area contributed by atoms with Gasteiger partial charge in [0.1, 0.15) is 11.9 Å². The van der Waals surface area contributed by atoms with Gasteiger partial charge in [0.2, 0.25) is 0 Å². The lowest BCUT2D eigenvalue weighted by molar-refractivity contribution is -0.0257. The molecule has 1 saturated heterocycles. The Morgan fingerprint density at radius 2 is 2.56 bits per heavy atom. The molecule has 1 fully saturated rings. The van der Waals surface area contributed by atoms with E-state index in [0.29, 0.717) is 18.1 Å². The molecule has 2 heterocycles. The number of morpholine rings is 1. The molecular weight excluding hydrogens is 208 g/mol. The van der Waals surface area contributed by atoms with Crippen LogP contribution in [0.25, 0.3) is 0 Å². The van der Waals surface area contributed by atoms with Gasteiger partial charge in [-0.1, -0.05) is 0 Å². The van der Waals surface area contributed by atoms with Crippen LogP contribution in [-0.2, 0) is 11.3 Å². The highest BCUT2D eigenvalue weighted by atomic mass is 16.5. The van der Waals surface area contributed by atoms with Crippen molar-refractivity contribution in [3.05, 3.63) is 27.9 Å². The summed E-state index contributed by atoms with van der Waals surface area (Å²) in [5, 5.41) is 0. The van der Waals surface area contributed by atoms with E-state index >= 15 is 0 Å². The molecule has 0 aromatic carbocycles. The molecular formula is C10H16N4O2. The van der Waals surface area contributed by atoms with E-state index in [4.69, 9.17) is 10.5 Å².